The van der Waals surface area contributed by atoms with Gasteiger partial charge in [-0.25, -0.2) is 4.79 Å². The van der Waals surface area contributed by atoms with Gasteiger partial charge in [-0.3, -0.25) is 0 Å². The van der Waals surface area contributed by atoms with Crippen molar-refractivity contribution in [1.82, 2.24) is 10.2 Å². The van der Waals surface area contributed by atoms with Crippen LogP contribution in [0.3, 0.4) is 0 Å². The number of hydrogen-bond donors (Lipinski definition) is 2. The Morgan fingerprint density at radius 1 is 1.65 bits per heavy atom. The Balaban J connectivity index is 1.80. The third kappa shape index (κ3) is 3.69. The topological polar surface area (TPSA) is 52.6 Å². The standard InChI is InChI=1S/C11H15BrN2O2S/c12-10-4-3-9(17-10)6-13-11(16)14-5-1-2-8(15)7-14/h3-4,8,15H,1-2,5-7H2,(H,13,16). The molecule has 0 bridgehead atoms. The number of piperidine rings is 1. The van der Waals surface area contributed by atoms with Gasteiger partial charge >= 0.3 is 6.03 Å². The van der Waals surface area contributed by atoms with Crippen LogP contribution in [0.4, 0.5) is 4.79 Å². The van der Waals surface area contributed by atoms with Crippen LogP contribution in [0.15, 0.2) is 15.9 Å². The van der Waals surface area contributed by atoms with E-state index >= 15 is 0 Å². The van der Waals surface area contributed by atoms with Crippen LogP contribution >= 0.6 is 27.3 Å². The summed E-state index contributed by atoms with van der Waals surface area (Å²) in [5.74, 6) is 0. The van der Waals surface area contributed by atoms with E-state index in [2.05, 4.69) is 21.2 Å². The summed E-state index contributed by atoms with van der Waals surface area (Å²) in [5, 5.41) is 12.4. The van der Waals surface area contributed by atoms with Gasteiger partial charge in [-0.15, -0.1) is 11.3 Å². The molecule has 2 heterocycles. The molecule has 1 aliphatic rings. The lowest BCUT2D eigenvalue weighted by atomic mass is 10.1. The molecule has 2 rings (SSSR count). The zero-order valence-corrected chi connectivity index (χ0v) is 11.8. The van der Waals surface area contributed by atoms with Crippen molar-refractivity contribution in [3.63, 3.8) is 0 Å². The summed E-state index contributed by atoms with van der Waals surface area (Å²) in [6, 6.07) is 3.87. The van der Waals surface area contributed by atoms with Gasteiger partial charge < -0.3 is 15.3 Å². The van der Waals surface area contributed by atoms with E-state index in [0.29, 0.717) is 13.1 Å². The number of aliphatic hydroxyl groups excluding tert-OH is 1. The van der Waals surface area contributed by atoms with Gasteiger partial charge in [-0.2, -0.15) is 0 Å². The third-order valence-corrected chi connectivity index (χ3v) is 4.35. The fourth-order valence-electron chi connectivity index (χ4n) is 1.86. The third-order valence-electron chi connectivity index (χ3n) is 2.73. The average Bonchev–Trinajstić information content (AvgIpc) is 2.72. The minimum Gasteiger partial charge on any atom is -0.391 e. The summed E-state index contributed by atoms with van der Waals surface area (Å²) in [6.07, 6.45) is 1.30. The quantitative estimate of drug-likeness (QED) is 0.878. The number of rotatable bonds is 2. The highest BCUT2D eigenvalue weighted by Crippen LogP contribution is 2.21. The van der Waals surface area contributed by atoms with E-state index in [-0.39, 0.29) is 12.1 Å². The predicted molar refractivity (Wildman–Crippen MR) is 71.1 cm³/mol. The first-order valence-electron chi connectivity index (χ1n) is 5.60. The Bertz CT molecular complexity index is 397. The molecule has 0 aliphatic carbocycles. The van der Waals surface area contributed by atoms with Crippen molar-refractivity contribution in [1.29, 1.82) is 0 Å². The van der Waals surface area contributed by atoms with Crippen LogP contribution in [0.25, 0.3) is 0 Å². The van der Waals surface area contributed by atoms with Gasteiger partial charge in [-0.1, -0.05) is 0 Å². The first-order chi connectivity index (χ1) is 8.15. The minimum atomic E-state index is -0.370. The van der Waals surface area contributed by atoms with Crippen molar-refractivity contribution in [2.75, 3.05) is 13.1 Å². The van der Waals surface area contributed by atoms with Crippen LogP contribution < -0.4 is 5.32 Å². The molecule has 4 nitrogen and oxygen atoms in total. The molecular formula is C11H15BrN2O2S. The molecule has 0 aromatic carbocycles. The summed E-state index contributed by atoms with van der Waals surface area (Å²) in [4.78, 5) is 14.6. The second-order valence-corrected chi connectivity index (χ2v) is 6.65. The number of aliphatic hydroxyl groups is 1. The summed E-state index contributed by atoms with van der Waals surface area (Å²) in [5.41, 5.74) is 0. The van der Waals surface area contributed by atoms with Crippen molar-refractivity contribution >= 4 is 33.3 Å². The smallest absolute Gasteiger partial charge is 0.317 e. The number of urea groups is 1. The van der Waals surface area contributed by atoms with E-state index < -0.39 is 0 Å². The summed E-state index contributed by atoms with van der Waals surface area (Å²) < 4.78 is 1.06. The second-order valence-electron chi connectivity index (χ2n) is 4.11. The maximum Gasteiger partial charge on any atom is 0.317 e. The predicted octanol–water partition coefficient (Wildman–Crippen LogP) is 2.18. The molecule has 1 fully saturated rings. The monoisotopic (exact) mass is 318 g/mol. The number of nitrogens with one attached hydrogen (secondary N) is 1. The van der Waals surface area contributed by atoms with Gasteiger partial charge in [0.1, 0.15) is 0 Å². The normalized spacial score (nSPS) is 20.4. The number of likely N-dealkylation sites (tertiary alicyclic amines) is 1. The Morgan fingerprint density at radius 2 is 2.47 bits per heavy atom. The SMILES string of the molecule is O=C(NCc1ccc(Br)s1)N1CCCC(O)C1. The van der Waals surface area contributed by atoms with Crippen molar-refractivity contribution in [3.8, 4) is 0 Å². The molecule has 94 valence electrons. The summed E-state index contributed by atoms with van der Waals surface area (Å²) >= 11 is 5.00. The molecule has 0 radical (unpaired) electrons. The van der Waals surface area contributed by atoms with Gasteiger partial charge in [0, 0.05) is 18.0 Å². The highest BCUT2D eigenvalue weighted by atomic mass is 79.9. The number of nitrogens with zero attached hydrogens (tertiary/aromatic N) is 1. The van der Waals surface area contributed by atoms with Gasteiger partial charge in [0.25, 0.3) is 0 Å². The summed E-state index contributed by atoms with van der Waals surface area (Å²) in [6.45, 7) is 1.72. The molecular weight excluding hydrogens is 304 g/mol. The molecule has 0 spiro atoms. The Hall–Kier alpha value is -0.590. The fourth-order valence-corrected chi connectivity index (χ4v) is 3.28. The molecule has 17 heavy (non-hydrogen) atoms. The lowest BCUT2D eigenvalue weighted by Crippen LogP contribution is -2.46. The molecule has 1 unspecified atom stereocenters. The molecule has 1 aromatic heterocycles. The molecule has 6 heteroatoms. The molecule has 1 atom stereocenters. The molecule has 1 aromatic rings. The number of halogens is 1. The number of thiophene rings is 1. The molecule has 2 amide bonds. The fraction of sp³-hybridized carbons (Fsp3) is 0.545. The number of β-amino-alcohol motifs (C(OH)–C–C–N with tert-alkyl or cyclic N) is 1. The van der Waals surface area contributed by atoms with E-state index in [9.17, 15) is 9.90 Å². The van der Waals surface area contributed by atoms with Crippen molar-refractivity contribution in [2.24, 2.45) is 0 Å². The van der Waals surface area contributed by atoms with Gasteiger partial charge in [0.2, 0.25) is 0 Å². The average molecular weight is 319 g/mol. The van der Waals surface area contributed by atoms with E-state index in [1.54, 1.807) is 16.2 Å². The minimum absolute atomic E-state index is 0.0896. The van der Waals surface area contributed by atoms with Crippen LogP contribution in [0.1, 0.15) is 17.7 Å². The Morgan fingerprint density at radius 3 is 3.12 bits per heavy atom. The molecule has 1 saturated heterocycles. The highest BCUT2D eigenvalue weighted by Gasteiger charge is 2.21. The van der Waals surface area contributed by atoms with Crippen molar-refractivity contribution < 1.29 is 9.90 Å². The van der Waals surface area contributed by atoms with Crippen molar-refractivity contribution in [3.05, 3.63) is 20.8 Å². The number of carbonyl (C=O) groups excluding carboxylic acids is 1. The largest absolute Gasteiger partial charge is 0.391 e. The van der Waals surface area contributed by atoms with E-state index in [1.807, 2.05) is 12.1 Å². The molecule has 0 saturated carbocycles. The van der Waals surface area contributed by atoms with E-state index in [0.717, 1.165) is 28.0 Å². The summed E-state index contributed by atoms with van der Waals surface area (Å²) in [7, 11) is 0. The van der Waals surface area contributed by atoms with Gasteiger partial charge in [0.05, 0.1) is 16.4 Å². The van der Waals surface area contributed by atoms with Crippen LogP contribution in [-0.4, -0.2) is 35.2 Å². The van der Waals surface area contributed by atoms with Gasteiger partial charge in [0.15, 0.2) is 0 Å². The molecule has 2 N–H and O–H groups in total. The first kappa shape index (κ1) is 12.9. The number of carbonyl (C=O) groups is 1. The van der Waals surface area contributed by atoms with Crippen LogP contribution in [0.2, 0.25) is 0 Å². The van der Waals surface area contributed by atoms with Gasteiger partial charge in [-0.05, 0) is 40.9 Å². The van der Waals surface area contributed by atoms with Crippen LogP contribution in [-0.2, 0) is 6.54 Å². The zero-order chi connectivity index (χ0) is 12.3. The number of amides is 2. The van der Waals surface area contributed by atoms with E-state index in [4.69, 9.17) is 0 Å². The molecule has 1 aliphatic heterocycles. The first-order valence-corrected chi connectivity index (χ1v) is 7.21. The maximum atomic E-state index is 11.8. The number of hydrogen-bond acceptors (Lipinski definition) is 3. The van der Waals surface area contributed by atoms with Crippen LogP contribution in [0, 0.1) is 0 Å². The Labute approximate surface area is 113 Å². The maximum absolute atomic E-state index is 11.8. The Kier molecular flexibility index (Phi) is 4.42. The lowest BCUT2D eigenvalue weighted by Gasteiger charge is -2.30. The van der Waals surface area contributed by atoms with E-state index in [1.165, 1.54) is 0 Å². The van der Waals surface area contributed by atoms with Crippen molar-refractivity contribution in [2.45, 2.75) is 25.5 Å². The van der Waals surface area contributed by atoms with Crippen LogP contribution in [0.5, 0.6) is 0 Å². The zero-order valence-electron chi connectivity index (χ0n) is 9.36. The second kappa shape index (κ2) is 5.84. The lowest BCUT2D eigenvalue weighted by molar-refractivity contribution is 0.0842. The highest BCUT2D eigenvalue weighted by molar-refractivity contribution is 9.11.